The van der Waals surface area contributed by atoms with Crippen LogP contribution in [0.4, 0.5) is 4.39 Å². The SMILES string of the molecule is CN=C(NCc1ccc(OC)c(F)c1)NCc1ccccc1-n1nc(C)cc1C. The Kier molecular flexibility index (Phi) is 6.49. The summed E-state index contributed by atoms with van der Waals surface area (Å²) in [5, 5.41) is 11.1. The third kappa shape index (κ3) is 4.93. The Hall–Kier alpha value is -3.35. The van der Waals surface area contributed by atoms with Crippen LogP contribution in [0.3, 0.4) is 0 Å². The van der Waals surface area contributed by atoms with E-state index >= 15 is 0 Å². The number of halogens is 1. The van der Waals surface area contributed by atoms with Gasteiger partial charge < -0.3 is 15.4 Å². The molecule has 0 aliphatic carbocycles. The number of rotatable bonds is 6. The first-order valence-corrected chi connectivity index (χ1v) is 9.40. The van der Waals surface area contributed by atoms with E-state index in [0.717, 1.165) is 28.2 Å². The van der Waals surface area contributed by atoms with E-state index in [1.807, 2.05) is 42.8 Å². The first kappa shape index (κ1) is 20.4. The molecule has 3 aromatic rings. The van der Waals surface area contributed by atoms with Crippen LogP contribution in [0.5, 0.6) is 5.75 Å². The predicted molar refractivity (Wildman–Crippen MR) is 113 cm³/mol. The lowest BCUT2D eigenvalue weighted by Crippen LogP contribution is -2.36. The number of hydrogen-bond acceptors (Lipinski definition) is 3. The second-order valence-electron chi connectivity index (χ2n) is 6.72. The number of hydrogen-bond donors (Lipinski definition) is 2. The molecular formula is C22H26FN5O. The molecule has 0 unspecified atom stereocenters. The Morgan fingerprint density at radius 3 is 2.52 bits per heavy atom. The molecule has 1 heterocycles. The molecule has 0 bridgehead atoms. The lowest BCUT2D eigenvalue weighted by atomic mass is 10.1. The van der Waals surface area contributed by atoms with Crippen LogP contribution in [0.2, 0.25) is 0 Å². The third-order valence-corrected chi connectivity index (χ3v) is 4.58. The molecular weight excluding hydrogens is 369 g/mol. The summed E-state index contributed by atoms with van der Waals surface area (Å²) < 4.78 is 20.8. The zero-order valence-corrected chi connectivity index (χ0v) is 17.2. The van der Waals surface area contributed by atoms with Gasteiger partial charge in [-0.15, -0.1) is 0 Å². The van der Waals surface area contributed by atoms with Gasteiger partial charge in [-0.1, -0.05) is 24.3 Å². The lowest BCUT2D eigenvalue weighted by molar-refractivity contribution is 0.386. The highest BCUT2D eigenvalue weighted by molar-refractivity contribution is 5.79. The highest BCUT2D eigenvalue weighted by atomic mass is 19.1. The minimum atomic E-state index is -0.381. The number of benzene rings is 2. The lowest BCUT2D eigenvalue weighted by Gasteiger charge is -2.15. The van der Waals surface area contributed by atoms with E-state index in [0.29, 0.717) is 19.0 Å². The van der Waals surface area contributed by atoms with Gasteiger partial charge in [0.1, 0.15) is 0 Å². The van der Waals surface area contributed by atoms with Crippen LogP contribution >= 0.6 is 0 Å². The van der Waals surface area contributed by atoms with E-state index in [1.165, 1.54) is 13.2 Å². The molecule has 152 valence electrons. The molecule has 3 rings (SSSR count). The molecule has 0 amide bonds. The van der Waals surface area contributed by atoms with Crippen LogP contribution in [-0.4, -0.2) is 29.9 Å². The van der Waals surface area contributed by atoms with Gasteiger partial charge in [-0.25, -0.2) is 9.07 Å². The fourth-order valence-electron chi connectivity index (χ4n) is 3.14. The highest BCUT2D eigenvalue weighted by Gasteiger charge is 2.09. The molecule has 0 spiro atoms. The molecule has 0 radical (unpaired) electrons. The van der Waals surface area contributed by atoms with Crippen molar-refractivity contribution in [2.75, 3.05) is 14.2 Å². The van der Waals surface area contributed by atoms with Crippen molar-refractivity contribution in [2.45, 2.75) is 26.9 Å². The van der Waals surface area contributed by atoms with Gasteiger partial charge in [0.2, 0.25) is 0 Å². The second-order valence-corrected chi connectivity index (χ2v) is 6.72. The fourth-order valence-corrected chi connectivity index (χ4v) is 3.14. The number of aromatic nitrogens is 2. The van der Waals surface area contributed by atoms with Crippen molar-refractivity contribution in [2.24, 2.45) is 4.99 Å². The Labute approximate surface area is 170 Å². The number of guanidine groups is 1. The van der Waals surface area contributed by atoms with Crippen LogP contribution in [-0.2, 0) is 13.1 Å². The van der Waals surface area contributed by atoms with Gasteiger partial charge in [0.25, 0.3) is 0 Å². The van der Waals surface area contributed by atoms with Gasteiger partial charge in [-0.3, -0.25) is 4.99 Å². The zero-order valence-electron chi connectivity index (χ0n) is 17.2. The van der Waals surface area contributed by atoms with Crippen LogP contribution in [0.25, 0.3) is 5.69 Å². The zero-order chi connectivity index (χ0) is 20.8. The smallest absolute Gasteiger partial charge is 0.191 e. The number of nitrogens with zero attached hydrogens (tertiary/aromatic N) is 3. The molecule has 0 fully saturated rings. The van der Waals surface area contributed by atoms with Crippen LogP contribution in [0.1, 0.15) is 22.5 Å². The summed E-state index contributed by atoms with van der Waals surface area (Å²) in [6, 6.07) is 15.1. The van der Waals surface area contributed by atoms with Gasteiger partial charge in [0, 0.05) is 25.8 Å². The summed E-state index contributed by atoms with van der Waals surface area (Å²) in [5.74, 6) is 0.481. The van der Waals surface area contributed by atoms with Crippen molar-refractivity contribution in [3.05, 3.63) is 76.9 Å². The van der Waals surface area contributed by atoms with Crippen LogP contribution in [0, 0.1) is 19.7 Å². The molecule has 7 heteroatoms. The van der Waals surface area contributed by atoms with Crippen molar-refractivity contribution < 1.29 is 9.13 Å². The number of aryl methyl sites for hydroxylation is 2. The van der Waals surface area contributed by atoms with Gasteiger partial charge in [-0.2, -0.15) is 5.10 Å². The Balaban J connectivity index is 1.66. The fraction of sp³-hybridized carbons (Fsp3) is 0.273. The average molecular weight is 395 g/mol. The van der Waals surface area contributed by atoms with Crippen LogP contribution < -0.4 is 15.4 Å². The molecule has 1 aromatic heterocycles. The molecule has 0 saturated heterocycles. The number of nitrogens with one attached hydrogen (secondary N) is 2. The minimum absolute atomic E-state index is 0.233. The van der Waals surface area contributed by atoms with Gasteiger partial charge in [0.05, 0.1) is 18.5 Å². The van der Waals surface area contributed by atoms with E-state index < -0.39 is 0 Å². The monoisotopic (exact) mass is 395 g/mol. The summed E-state index contributed by atoms with van der Waals surface area (Å²) in [5.41, 5.74) is 4.98. The summed E-state index contributed by atoms with van der Waals surface area (Å²) in [4.78, 5) is 4.25. The summed E-state index contributed by atoms with van der Waals surface area (Å²) in [6.07, 6.45) is 0. The third-order valence-electron chi connectivity index (χ3n) is 4.58. The topological polar surface area (TPSA) is 63.5 Å². The van der Waals surface area contributed by atoms with Crippen molar-refractivity contribution in [3.8, 4) is 11.4 Å². The number of aliphatic imine (C=N–C) groups is 1. The molecule has 0 aliphatic heterocycles. The van der Waals surface area contributed by atoms with Gasteiger partial charge >= 0.3 is 0 Å². The van der Waals surface area contributed by atoms with Crippen molar-refractivity contribution in [1.29, 1.82) is 0 Å². The summed E-state index contributed by atoms with van der Waals surface area (Å²) in [6.45, 7) is 5.04. The maximum atomic E-state index is 13.9. The molecule has 0 aliphatic rings. The van der Waals surface area contributed by atoms with E-state index in [1.54, 1.807) is 13.1 Å². The Morgan fingerprint density at radius 1 is 1.10 bits per heavy atom. The van der Waals surface area contributed by atoms with Crippen molar-refractivity contribution >= 4 is 5.96 Å². The molecule has 0 atom stereocenters. The largest absolute Gasteiger partial charge is 0.494 e. The number of para-hydroxylation sites is 1. The molecule has 6 nitrogen and oxygen atoms in total. The van der Waals surface area contributed by atoms with Crippen LogP contribution in [0.15, 0.2) is 53.5 Å². The van der Waals surface area contributed by atoms with Crippen molar-refractivity contribution in [1.82, 2.24) is 20.4 Å². The van der Waals surface area contributed by atoms with E-state index in [2.05, 4.69) is 32.9 Å². The molecule has 2 N–H and O–H groups in total. The first-order valence-electron chi connectivity index (χ1n) is 9.40. The number of methoxy groups -OCH3 is 1. The Morgan fingerprint density at radius 2 is 1.86 bits per heavy atom. The molecule has 2 aromatic carbocycles. The molecule has 0 saturated carbocycles. The van der Waals surface area contributed by atoms with E-state index in [9.17, 15) is 4.39 Å². The highest BCUT2D eigenvalue weighted by Crippen LogP contribution is 2.18. The first-order chi connectivity index (χ1) is 14.0. The van der Waals surface area contributed by atoms with E-state index in [4.69, 9.17) is 4.74 Å². The second kappa shape index (κ2) is 9.23. The van der Waals surface area contributed by atoms with Gasteiger partial charge in [0.15, 0.2) is 17.5 Å². The summed E-state index contributed by atoms with van der Waals surface area (Å²) in [7, 11) is 3.16. The normalized spacial score (nSPS) is 11.4. The standard InChI is InChI=1S/C22H26FN5O/c1-15-11-16(2)28(27-15)20-8-6-5-7-18(20)14-26-22(24-3)25-13-17-9-10-21(29-4)19(23)12-17/h5-12H,13-14H2,1-4H3,(H2,24,25,26). The average Bonchev–Trinajstić information content (AvgIpc) is 3.06. The predicted octanol–water partition coefficient (Wildman–Crippen LogP) is 3.50. The van der Waals surface area contributed by atoms with E-state index in [-0.39, 0.29) is 11.6 Å². The van der Waals surface area contributed by atoms with Crippen molar-refractivity contribution in [3.63, 3.8) is 0 Å². The van der Waals surface area contributed by atoms with Gasteiger partial charge in [-0.05, 0) is 49.2 Å². The Bertz CT molecular complexity index is 1010. The number of ether oxygens (including phenoxy) is 1. The molecule has 29 heavy (non-hydrogen) atoms. The maximum absolute atomic E-state index is 13.9. The minimum Gasteiger partial charge on any atom is -0.494 e. The summed E-state index contributed by atoms with van der Waals surface area (Å²) >= 11 is 0. The maximum Gasteiger partial charge on any atom is 0.191 e. The quantitative estimate of drug-likeness (QED) is 0.495.